The van der Waals surface area contributed by atoms with Gasteiger partial charge in [0.2, 0.25) is 0 Å². The van der Waals surface area contributed by atoms with Crippen molar-refractivity contribution in [2.45, 2.75) is 0 Å². The Kier molecular flexibility index (Phi) is 4.97. The van der Waals surface area contributed by atoms with E-state index in [0.717, 1.165) is 54.0 Å². The number of halogens is 2. The van der Waals surface area contributed by atoms with Gasteiger partial charge in [-0.2, -0.15) is 0 Å². The standard InChI is InChI=1S/C19H18FN3.ClH/c20-15-6-7-17-16(12-15)19(23-10-8-21-9-11-23)13-18(22-17)14-4-2-1-3-5-14;/h1-7,12-13,21H,8-11H2;1H. The minimum Gasteiger partial charge on any atom is -0.368 e. The smallest absolute Gasteiger partial charge is 0.124 e. The Morgan fingerprint density at radius 3 is 2.46 bits per heavy atom. The topological polar surface area (TPSA) is 28.2 Å². The van der Waals surface area contributed by atoms with E-state index in [1.54, 1.807) is 12.1 Å². The van der Waals surface area contributed by atoms with Crippen molar-refractivity contribution >= 4 is 29.0 Å². The number of aromatic nitrogens is 1. The first-order valence-electron chi connectivity index (χ1n) is 7.93. The molecular weight excluding hydrogens is 325 g/mol. The number of nitrogens with one attached hydrogen (secondary N) is 1. The molecule has 1 fully saturated rings. The minimum absolute atomic E-state index is 0. The van der Waals surface area contributed by atoms with E-state index < -0.39 is 0 Å². The predicted octanol–water partition coefficient (Wildman–Crippen LogP) is 3.87. The van der Waals surface area contributed by atoms with Crippen molar-refractivity contribution in [3.05, 3.63) is 60.4 Å². The molecule has 124 valence electrons. The first kappa shape index (κ1) is 16.7. The van der Waals surface area contributed by atoms with Gasteiger partial charge in [-0.25, -0.2) is 9.37 Å². The zero-order chi connectivity index (χ0) is 15.6. The van der Waals surface area contributed by atoms with Gasteiger partial charge in [-0.05, 0) is 24.3 Å². The monoisotopic (exact) mass is 343 g/mol. The molecule has 24 heavy (non-hydrogen) atoms. The molecule has 2 aromatic carbocycles. The molecule has 0 aliphatic carbocycles. The number of hydrogen-bond donors (Lipinski definition) is 1. The number of nitrogens with zero attached hydrogens (tertiary/aromatic N) is 2. The molecule has 1 saturated heterocycles. The van der Waals surface area contributed by atoms with Crippen LogP contribution in [0.1, 0.15) is 0 Å². The third-order valence-electron chi connectivity index (χ3n) is 4.28. The van der Waals surface area contributed by atoms with Gasteiger partial charge in [0.25, 0.3) is 0 Å². The summed E-state index contributed by atoms with van der Waals surface area (Å²) in [5.41, 5.74) is 3.91. The lowest BCUT2D eigenvalue weighted by Crippen LogP contribution is -2.43. The zero-order valence-electron chi connectivity index (χ0n) is 13.2. The number of anilines is 1. The van der Waals surface area contributed by atoms with E-state index in [9.17, 15) is 4.39 Å². The second kappa shape index (κ2) is 7.16. The van der Waals surface area contributed by atoms with Crippen LogP contribution in [-0.4, -0.2) is 31.2 Å². The maximum absolute atomic E-state index is 13.7. The average Bonchev–Trinajstić information content (AvgIpc) is 2.62. The fourth-order valence-corrected chi connectivity index (χ4v) is 3.10. The fourth-order valence-electron chi connectivity index (χ4n) is 3.10. The zero-order valence-corrected chi connectivity index (χ0v) is 14.0. The van der Waals surface area contributed by atoms with E-state index in [1.807, 2.05) is 18.2 Å². The van der Waals surface area contributed by atoms with Crippen molar-refractivity contribution < 1.29 is 4.39 Å². The quantitative estimate of drug-likeness (QED) is 0.765. The first-order valence-corrected chi connectivity index (χ1v) is 7.93. The molecule has 0 spiro atoms. The molecule has 0 radical (unpaired) electrons. The second-order valence-electron chi connectivity index (χ2n) is 5.79. The molecule has 0 amide bonds. The van der Waals surface area contributed by atoms with Crippen molar-refractivity contribution in [3.8, 4) is 11.3 Å². The van der Waals surface area contributed by atoms with Crippen LogP contribution in [0.2, 0.25) is 0 Å². The highest BCUT2D eigenvalue weighted by Gasteiger charge is 2.16. The number of pyridine rings is 1. The molecular formula is C19H19ClFN3. The number of fused-ring (bicyclic) bond motifs is 1. The largest absolute Gasteiger partial charge is 0.368 e. The van der Waals surface area contributed by atoms with E-state index >= 15 is 0 Å². The number of benzene rings is 2. The van der Waals surface area contributed by atoms with Crippen molar-refractivity contribution in [2.75, 3.05) is 31.1 Å². The summed E-state index contributed by atoms with van der Waals surface area (Å²) in [6, 6.07) is 17.0. The highest BCUT2D eigenvalue weighted by molar-refractivity contribution is 5.94. The van der Waals surface area contributed by atoms with E-state index in [4.69, 9.17) is 4.98 Å². The van der Waals surface area contributed by atoms with Gasteiger partial charge in [-0.1, -0.05) is 30.3 Å². The summed E-state index contributed by atoms with van der Waals surface area (Å²) in [4.78, 5) is 7.05. The van der Waals surface area contributed by atoms with Crippen LogP contribution in [0.3, 0.4) is 0 Å². The molecule has 0 bridgehead atoms. The maximum Gasteiger partial charge on any atom is 0.124 e. The number of hydrogen-bond acceptors (Lipinski definition) is 3. The molecule has 4 rings (SSSR count). The molecule has 0 saturated carbocycles. The van der Waals surface area contributed by atoms with Gasteiger partial charge in [0.15, 0.2) is 0 Å². The molecule has 5 heteroatoms. The van der Waals surface area contributed by atoms with E-state index in [2.05, 4.69) is 28.4 Å². The van der Waals surface area contributed by atoms with Gasteiger partial charge < -0.3 is 10.2 Å². The minimum atomic E-state index is -0.219. The van der Waals surface area contributed by atoms with Crippen LogP contribution in [-0.2, 0) is 0 Å². The molecule has 1 aliphatic heterocycles. The van der Waals surface area contributed by atoms with Crippen molar-refractivity contribution in [1.29, 1.82) is 0 Å². The third-order valence-corrected chi connectivity index (χ3v) is 4.28. The van der Waals surface area contributed by atoms with Crippen LogP contribution in [0.4, 0.5) is 10.1 Å². The lowest BCUT2D eigenvalue weighted by atomic mass is 10.1. The van der Waals surface area contributed by atoms with Gasteiger partial charge in [-0.15, -0.1) is 12.4 Å². The normalized spacial score (nSPS) is 14.5. The highest BCUT2D eigenvalue weighted by atomic mass is 35.5. The SMILES string of the molecule is Cl.Fc1ccc2nc(-c3ccccc3)cc(N3CCNCC3)c2c1. The summed E-state index contributed by atoms with van der Waals surface area (Å²) in [7, 11) is 0. The van der Waals surface area contributed by atoms with Gasteiger partial charge in [0.05, 0.1) is 11.2 Å². The highest BCUT2D eigenvalue weighted by Crippen LogP contribution is 2.31. The van der Waals surface area contributed by atoms with Crippen LogP contribution < -0.4 is 10.2 Å². The summed E-state index contributed by atoms with van der Waals surface area (Å²) in [6.45, 7) is 3.73. The van der Waals surface area contributed by atoms with Gasteiger partial charge >= 0.3 is 0 Å². The lowest BCUT2D eigenvalue weighted by Gasteiger charge is -2.30. The van der Waals surface area contributed by atoms with Gasteiger partial charge in [0, 0.05) is 42.8 Å². The molecule has 3 aromatic rings. The molecule has 0 atom stereocenters. The lowest BCUT2D eigenvalue weighted by molar-refractivity contribution is 0.590. The van der Waals surface area contributed by atoms with E-state index in [0.29, 0.717) is 0 Å². The van der Waals surface area contributed by atoms with Crippen LogP contribution in [0.25, 0.3) is 22.2 Å². The maximum atomic E-state index is 13.7. The van der Waals surface area contributed by atoms with Crippen LogP contribution in [0.5, 0.6) is 0 Å². The third kappa shape index (κ3) is 3.21. The first-order chi connectivity index (χ1) is 11.3. The Morgan fingerprint density at radius 1 is 0.958 bits per heavy atom. The Balaban J connectivity index is 0.00000169. The van der Waals surface area contributed by atoms with Gasteiger partial charge in [-0.3, -0.25) is 0 Å². The van der Waals surface area contributed by atoms with Crippen molar-refractivity contribution in [3.63, 3.8) is 0 Å². The molecule has 1 aromatic heterocycles. The van der Waals surface area contributed by atoms with Crippen LogP contribution in [0.15, 0.2) is 54.6 Å². The summed E-state index contributed by atoms with van der Waals surface area (Å²) < 4.78 is 13.7. The Morgan fingerprint density at radius 2 is 1.71 bits per heavy atom. The Labute approximate surface area is 146 Å². The van der Waals surface area contributed by atoms with Crippen molar-refractivity contribution in [1.82, 2.24) is 10.3 Å². The summed E-state index contributed by atoms with van der Waals surface area (Å²) in [6.07, 6.45) is 0. The summed E-state index contributed by atoms with van der Waals surface area (Å²) >= 11 is 0. The fraction of sp³-hybridized carbons (Fsp3) is 0.211. The number of rotatable bonds is 2. The van der Waals surface area contributed by atoms with Crippen LogP contribution >= 0.6 is 12.4 Å². The predicted molar refractivity (Wildman–Crippen MR) is 99.5 cm³/mol. The van der Waals surface area contributed by atoms with Gasteiger partial charge in [0.1, 0.15) is 5.82 Å². The summed E-state index contributed by atoms with van der Waals surface area (Å²) in [5.74, 6) is -0.219. The van der Waals surface area contributed by atoms with E-state index in [1.165, 1.54) is 6.07 Å². The Bertz CT molecular complexity index is 833. The van der Waals surface area contributed by atoms with E-state index in [-0.39, 0.29) is 18.2 Å². The van der Waals surface area contributed by atoms with Crippen LogP contribution in [0, 0.1) is 5.82 Å². The second-order valence-corrected chi connectivity index (χ2v) is 5.79. The average molecular weight is 344 g/mol. The molecule has 3 nitrogen and oxygen atoms in total. The Hall–Kier alpha value is -2.17. The molecule has 0 unspecified atom stereocenters. The van der Waals surface area contributed by atoms with Crippen molar-refractivity contribution in [2.24, 2.45) is 0 Å². The summed E-state index contributed by atoms with van der Waals surface area (Å²) in [5, 5.41) is 4.24. The molecule has 2 heterocycles. The molecule has 1 aliphatic rings. The number of piperazine rings is 1. The molecule has 1 N–H and O–H groups in total.